The first-order chi connectivity index (χ1) is 9.29. The molecule has 6 nitrogen and oxygen atoms in total. The Morgan fingerprint density at radius 1 is 1.30 bits per heavy atom. The van der Waals surface area contributed by atoms with Crippen LogP contribution in [0.5, 0.6) is 0 Å². The molecule has 1 heterocycles. The summed E-state index contributed by atoms with van der Waals surface area (Å²) in [5.41, 5.74) is 7.93. The van der Waals surface area contributed by atoms with Crippen LogP contribution in [-0.2, 0) is 16.6 Å². The van der Waals surface area contributed by atoms with E-state index in [-0.39, 0.29) is 16.3 Å². The van der Waals surface area contributed by atoms with E-state index in [0.717, 1.165) is 11.3 Å². The maximum atomic E-state index is 12.3. The number of aromatic nitrogens is 1. The highest BCUT2D eigenvalue weighted by atomic mass is 32.2. The average molecular weight is 313 g/mol. The summed E-state index contributed by atoms with van der Waals surface area (Å²) in [6, 6.07) is 3.24. The van der Waals surface area contributed by atoms with Crippen molar-refractivity contribution in [1.82, 2.24) is 9.71 Å². The number of H-pyrrole nitrogens is 1. The van der Waals surface area contributed by atoms with Crippen LogP contribution in [0, 0.1) is 13.8 Å². The largest absolute Gasteiger partial charge is 0.399 e. The zero-order valence-electron chi connectivity index (χ0n) is 11.1. The molecule has 2 aromatic rings. The molecule has 1 aromatic carbocycles. The summed E-state index contributed by atoms with van der Waals surface area (Å²) in [7, 11) is -3.65. The van der Waals surface area contributed by atoms with Gasteiger partial charge in [-0.15, -0.1) is 0 Å². The summed E-state index contributed by atoms with van der Waals surface area (Å²) in [5.74, 6) is 0. The van der Waals surface area contributed by atoms with Crippen molar-refractivity contribution in [2.24, 2.45) is 0 Å². The molecule has 0 unspecified atom stereocenters. The molecule has 8 heteroatoms. The second kappa shape index (κ2) is 5.39. The molecule has 0 fully saturated rings. The molecule has 2 rings (SSSR count). The van der Waals surface area contributed by atoms with E-state index in [1.165, 1.54) is 0 Å². The molecule has 4 N–H and O–H groups in total. The van der Waals surface area contributed by atoms with Gasteiger partial charge in [0.15, 0.2) is 0 Å². The van der Waals surface area contributed by atoms with E-state index < -0.39 is 10.0 Å². The quantitative estimate of drug-likeness (QED) is 0.735. The first kappa shape index (κ1) is 14.8. The number of rotatable bonds is 4. The van der Waals surface area contributed by atoms with Crippen LogP contribution in [0.1, 0.15) is 16.8 Å². The van der Waals surface area contributed by atoms with Crippen LogP contribution in [0.2, 0.25) is 0 Å². The van der Waals surface area contributed by atoms with Gasteiger partial charge in [0.25, 0.3) is 0 Å². The van der Waals surface area contributed by atoms with Gasteiger partial charge in [-0.3, -0.25) is 4.79 Å². The number of thiazole rings is 1. The second-order valence-corrected chi connectivity index (χ2v) is 7.03. The monoisotopic (exact) mass is 313 g/mol. The molecule has 0 atom stereocenters. The number of sulfonamides is 1. The fourth-order valence-corrected chi connectivity index (χ4v) is 4.09. The van der Waals surface area contributed by atoms with Crippen LogP contribution in [0.4, 0.5) is 5.69 Å². The van der Waals surface area contributed by atoms with Crippen LogP contribution in [0.3, 0.4) is 0 Å². The smallest absolute Gasteiger partial charge is 0.304 e. The Labute approximate surface area is 120 Å². The van der Waals surface area contributed by atoms with Crippen LogP contribution in [-0.4, -0.2) is 13.4 Å². The van der Waals surface area contributed by atoms with E-state index in [1.54, 1.807) is 31.4 Å². The summed E-state index contributed by atoms with van der Waals surface area (Å²) in [4.78, 5) is 13.6. The standard InChI is InChI=1S/C12H15N3O3S2/c1-7-3-9(13)4-8(2)11(7)20(17,18)14-5-10-6-19-12(16)15-10/h3-4,6,14H,5,13H2,1-2H3,(H,15,16). The van der Waals surface area contributed by atoms with Crippen molar-refractivity contribution in [3.63, 3.8) is 0 Å². The van der Waals surface area contributed by atoms with Crippen molar-refractivity contribution < 1.29 is 8.42 Å². The average Bonchev–Trinajstić information content (AvgIpc) is 2.71. The highest BCUT2D eigenvalue weighted by molar-refractivity contribution is 7.89. The SMILES string of the molecule is Cc1cc(N)cc(C)c1S(=O)(=O)NCc1csc(=O)[nH]1. The molecule has 0 amide bonds. The number of aryl methyl sites for hydroxylation is 2. The van der Waals surface area contributed by atoms with E-state index in [2.05, 4.69) is 9.71 Å². The topological polar surface area (TPSA) is 105 Å². The van der Waals surface area contributed by atoms with Gasteiger partial charge >= 0.3 is 4.87 Å². The molecular formula is C12H15N3O3S2. The van der Waals surface area contributed by atoms with E-state index in [4.69, 9.17) is 5.73 Å². The third-order valence-electron chi connectivity index (χ3n) is 2.77. The summed E-state index contributed by atoms with van der Waals surface area (Å²) in [5, 5.41) is 1.59. The first-order valence-electron chi connectivity index (χ1n) is 5.82. The van der Waals surface area contributed by atoms with Crippen LogP contribution >= 0.6 is 11.3 Å². The molecular weight excluding hydrogens is 298 g/mol. The summed E-state index contributed by atoms with van der Waals surface area (Å²) in [6.07, 6.45) is 0. The van der Waals surface area contributed by atoms with Crippen molar-refractivity contribution in [3.8, 4) is 0 Å². The van der Waals surface area contributed by atoms with Gasteiger partial charge in [0, 0.05) is 16.8 Å². The lowest BCUT2D eigenvalue weighted by Gasteiger charge is -2.12. The van der Waals surface area contributed by atoms with Gasteiger partial charge in [-0.05, 0) is 37.1 Å². The van der Waals surface area contributed by atoms with Crippen molar-refractivity contribution in [2.45, 2.75) is 25.3 Å². The molecule has 1 aromatic heterocycles. The molecule has 0 aliphatic heterocycles. The number of nitrogens with one attached hydrogen (secondary N) is 2. The van der Waals surface area contributed by atoms with Gasteiger partial charge in [0.05, 0.1) is 11.4 Å². The van der Waals surface area contributed by atoms with E-state index >= 15 is 0 Å². The number of hydrogen-bond donors (Lipinski definition) is 3. The fourth-order valence-electron chi connectivity index (χ4n) is 2.05. The molecule has 0 radical (unpaired) electrons. The van der Waals surface area contributed by atoms with E-state index in [1.807, 2.05) is 0 Å². The minimum Gasteiger partial charge on any atom is -0.399 e. The zero-order chi connectivity index (χ0) is 14.9. The van der Waals surface area contributed by atoms with Gasteiger partial charge in [-0.1, -0.05) is 11.3 Å². The minimum atomic E-state index is -3.65. The minimum absolute atomic E-state index is 0.0460. The summed E-state index contributed by atoms with van der Waals surface area (Å²) in [6.45, 7) is 3.44. The van der Waals surface area contributed by atoms with Crippen molar-refractivity contribution >= 4 is 27.0 Å². The number of hydrogen-bond acceptors (Lipinski definition) is 5. The maximum Gasteiger partial charge on any atom is 0.304 e. The Balaban J connectivity index is 2.29. The maximum absolute atomic E-state index is 12.3. The van der Waals surface area contributed by atoms with Crippen molar-refractivity contribution in [1.29, 1.82) is 0 Å². The predicted molar refractivity (Wildman–Crippen MR) is 79.3 cm³/mol. The highest BCUT2D eigenvalue weighted by Crippen LogP contribution is 2.22. The number of nitrogen functional groups attached to an aromatic ring is 1. The molecule has 0 spiro atoms. The van der Waals surface area contributed by atoms with Crippen LogP contribution in [0.25, 0.3) is 0 Å². The van der Waals surface area contributed by atoms with E-state index in [9.17, 15) is 13.2 Å². The Bertz CT molecular complexity index is 767. The normalized spacial score (nSPS) is 11.7. The van der Waals surface area contributed by atoms with Gasteiger partial charge in [-0.2, -0.15) is 0 Å². The Hall–Kier alpha value is -1.64. The Morgan fingerprint density at radius 2 is 1.90 bits per heavy atom. The third kappa shape index (κ3) is 3.09. The molecule has 0 saturated carbocycles. The fraction of sp³-hybridized carbons (Fsp3) is 0.250. The van der Waals surface area contributed by atoms with Crippen molar-refractivity contribution in [3.05, 3.63) is 44.0 Å². The van der Waals surface area contributed by atoms with Gasteiger partial charge in [0.1, 0.15) is 0 Å². The molecule has 0 saturated heterocycles. The second-order valence-electron chi connectivity index (χ2n) is 4.48. The first-order valence-corrected chi connectivity index (χ1v) is 8.19. The van der Waals surface area contributed by atoms with Crippen LogP contribution in [0.15, 0.2) is 27.2 Å². The van der Waals surface area contributed by atoms with Gasteiger partial charge < -0.3 is 10.7 Å². The van der Waals surface area contributed by atoms with Crippen molar-refractivity contribution in [2.75, 3.05) is 5.73 Å². The molecule has 108 valence electrons. The Morgan fingerprint density at radius 3 is 2.40 bits per heavy atom. The van der Waals surface area contributed by atoms with Gasteiger partial charge in [-0.25, -0.2) is 13.1 Å². The summed E-state index contributed by atoms with van der Waals surface area (Å²) < 4.78 is 27.1. The number of aromatic amines is 1. The number of benzene rings is 1. The molecule has 0 aliphatic rings. The lowest BCUT2D eigenvalue weighted by atomic mass is 10.1. The number of anilines is 1. The third-order valence-corrected chi connectivity index (χ3v) is 5.20. The highest BCUT2D eigenvalue weighted by Gasteiger charge is 2.19. The lowest BCUT2D eigenvalue weighted by Crippen LogP contribution is -2.25. The number of nitrogens with two attached hydrogens (primary N) is 1. The molecule has 20 heavy (non-hydrogen) atoms. The van der Waals surface area contributed by atoms with Crippen LogP contribution < -0.4 is 15.3 Å². The predicted octanol–water partition coefficient (Wildman–Crippen LogP) is 1.11. The van der Waals surface area contributed by atoms with Gasteiger partial charge in [0.2, 0.25) is 10.0 Å². The molecule has 0 bridgehead atoms. The van der Waals surface area contributed by atoms with E-state index in [0.29, 0.717) is 22.5 Å². The molecule has 0 aliphatic carbocycles. The zero-order valence-corrected chi connectivity index (χ0v) is 12.7. The lowest BCUT2D eigenvalue weighted by molar-refractivity contribution is 0.579. The Kier molecular flexibility index (Phi) is 3.98. The summed E-state index contributed by atoms with van der Waals surface area (Å²) >= 11 is 0.997.